The molecule has 0 aliphatic carbocycles. The molecule has 0 atom stereocenters. The number of benzene rings is 3. The molecule has 0 aliphatic heterocycles. The lowest BCUT2D eigenvalue weighted by atomic mass is 10.1. The molecular formula is C24H20ClFN2O2S2. The molecule has 0 saturated heterocycles. The third kappa shape index (κ3) is 5.33. The monoisotopic (exact) mass is 486 g/mol. The molecule has 0 fully saturated rings. The Labute approximate surface area is 196 Å². The Balaban J connectivity index is 2.11. The van der Waals surface area contributed by atoms with E-state index in [-0.39, 0.29) is 26.3 Å². The van der Waals surface area contributed by atoms with E-state index in [0.29, 0.717) is 12.1 Å². The zero-order valence-electron chi connectivity index (χ0n) is 17.2. The maximum absolute atomic E-state index is 14.3. The Kier molecular flexibility index (Phi) is 7.97. The highest BCUT2D eigenvalue weighted by molar-refractivity contribution is 8.04. The molecule has 0 radical (unpaired) electrons. The number of nitrogens with zero attached hydrogens (tertiary/aromatic N) is 1. The van der Waals surface area contributed by atoms with Gasteiger partial charge in [0, 0.05) is 22.0 Å². The minimum absolute atomic E-state index is 0.00384. The van der Waals surface area contributed by atoms with Gasteiger partial charge >= 0.3 is 0 Å². The molecule has 0 bridgehead atoms. The molecule has 0 saturated carbocycles. The predicted octanol–water partition coefficient (Wildman–Crippen LogP) is 6.55. The lowest BCUT2D eigenvalue weighted by Crippen LogP contribution is -2.11. The molecular weight excluding hydrogens is 467 g/mol. The van der Waals surface area contributed by atoms with Gasteiger partial charge in [-0.3, -0.25) is 0 Å². The summed E-state index contributed by atoms with van der Waals surface area (Å²) < 4.78 is 40.8. The van der Waals surface area contributed by atoms with E-state index in [9.17, 15) is 18.1 Å². The second kappa shape index (κ2) is 10.7. The van der Waals surface area contributed by atoms with Crippen LogP contribution >= 0.6 is 23.4 Å². The number of thioether (sulfide) groups is 1. The van der Waals surface area contributed by atoms with Crippen molar-refractivity contribution in [3.63, 3.8) is 0 Å². The molecule has 0 aliphatic rings. The van der Waals surface area contributed by atoms with Crippen LogP contribution < -0.4 is 5.32 Å². The first-order valence-electron chi connectivity index (χ1n) is 9.73. The second-order valence-corrected chi connectivity index (χ2v) is 9.99. The van der Waals surface area contributed by atoms with Crippen LogP contribution in [0.3, 0.4) is 0 Å². The van der Waals surface area contributed by atoms with Crippen molar-refractivity contribution in [2.45, 2.75) is 24.0 Å². The van der Waals surface area contributed by atoms with E-state index >= 15 is 0 Å². The third-order valence-electron chi connectivity index (χ3n) is 4.70. The van der Waals surface area contributed by atoms with Gasteiger partial charge in [0.1, 0.15) is 16.9 Å². The largest absolute Gasteiger partial charge is 0.348 e. The molecule has 3 aromatic carbocycles. The summed E-state index contributed by atoms with van der Waals surface area (Å²) in [5.41, 5.74) is 1.86. The molecule has 3 rings (SSSR count). The maximum Gasteiger partial charge on any atom is 0.219 e. The van der Waals surface area contributed by atoms with Gasteiger partial charge in [0.05, 0.1) is 4.90 Å². The molecule has 0 spiro atoms. The van der Waals surface area contributed by atoms with Gasteiger partial charge in [-0.05, 0) is 42.3 Å². The number of rotatable bonds is 8. The quantitative estimate of drug-likeness (QED) is 0.365. The van der Waals surface area contributed by atoms with Gasteiger partial charge < -0.3 is 5.32 Å². The molecule has 4 nitrogen and oxygen atoms in total. The van der Waals surface area contributed by atoms with Crippen molar-refractivity contribution in [1.29, 1.82) is 5.26 Å². The Morgan fingerprint density at radius 2 is 1.75 bits per heavy atom. The van der Waals surface area contributed by atoms with Crippen LogP contribution in [0.1, 0.15) is 18.1 Å². The fourth-order valence-electron chi connectivity index (χ4n) is 3.00. The molecule has 32 heavy (non-hydrogen) atoms. The number of hydrogen-bond acceptors (Lipinski definition) is 5. The average molecular weight is 487 g/mol. The van der Waals surface area contributed by atoms with Gasteiger partial charge in [-0.25, -0.2) is 12.8 Å². The van der Waals surface area contributed by atoms with Crippen LogP contribution in [-0.2, 0) is 22.0 Å². The summed E-state index contributed by atoms with van der Waals surface area (Å²) in [7, 11) is -4.11. The first-order chi connectivity index (χ1) is 15.4. The Morgan fingerprint density at radius 1 is 1.06 bits per heavy atom. The summed E-state index contributed by atoms with van der Waals surface area (Å²) >= 11 is 7.16. The number of halogens is 2. The zero-order chi connectivity index (χ0) is 23.1. The van der Waals surface area contributed by atoms with Gasteiger partial charge in [0.15, 0.2) is 4.91 Å². The summed E-state index contributed by atoms with van der Waals surface area (Å²) in [4.78, 5) is -0.434. The van der Waals surface area contributed by atoms with Crippen LogP contribution in [0.25, 0.3) is 0 Å². The van der Waals surface area contributed by atoms with Crippen LogP contribution in [0, 0.1) is 17.1 Å². The molecule has 0 unspecified atom stereocenters. The normalized spacial score (nSPS) is 12.1. The summed E-state index contributed by atoms with van der Waals surface area (Å²) in [6.45, 7) is 1.97. The summed E-state index contributed by atoms with van der Waals surface area (Å²) in [6.07, 6.45) is 0.702. The van der Waals surface area contributed by atoms with Gasteiger partial charge in [-0.2, -0.15) is 5.26 Å². The van der Waals surface area contributed by atoms with Crippen molar-refractivity contribution < 1.29 is 12.8 Å². The van der Waals surface area contributed by atoms with Crippen molar-refractivity contribution in [2.24, 2.45) is 0 Å². The van der Waals surface area contributed by atoms with E-state index in [1.54, 1.807) is 30.3 Å². The Morgan fingerprint density at radius 3 is 2.41 bits per heavy atom. The minimum Gasteiger partial charge on any atom is -0.348 e. The molecule has 0 amide bonds. The molecule has 0 heterocycles. The van der Waals surface area contributed by atoms with E-state index in [0.717, 1.165) is 17.3 Å². The van der Waals surface area contributed by atoms with E-state index in [4.69, 9.17) is 11.6 Å². The minimum atomic E-state index is -4.11. The van der Waals surface area contributed by atoms with Crippen LogP contribution in [0.5, 0.6) is 0 Å². The number of nitriles is 1. The number of anilines is 1. The lowest BCUT2D eigenvalue weighted by Gasteiger charge is -2.16. The summed E-state index contributed by atoms with van der Waals surface area (Å²) in [6, 6.07) is 21.4. The number of nitrogens with one attached hydrogen (secondary N) is 1. The Hall–Kier alpha value is -2.79. The highest BCUT2D eigenvalue weighted by Gasteiger charge is 2.26. The van der Waals surface area contributed by atoms with Crippen LogP contribution in [0.2, 0.25) is 5.02 Å². The van der Waals surface area contributed by atoms with Crippen LogP contribution in [0.15, 0.2) is 87.6 Å². The molecule has 8 heteroatoms. The lowest BCUT2D eigenvalue weighted by molar-refractivity contribution is 0.603. The topological polar surface area (TPSA) is 70.0 Å². The number of hydrogen-bond donors (Lipinski definition) is 1. The number of aryl methyl sites for hydroxylation is 1. The van der Waals surface area contributed by atoms with Crippen molar-refractivity contribution in [2.75, 3.05) is 5.32 Å². The molecule has 0 aromatic heterocycles. The van der Waals surface area contributed by atoms with Crippen molar-refractivity contribution in [3.8, 4) is 6.07 Å². The van der Waals surface area contributed by atoms with Crippen LogP contribution in [0.4, 0.5) is 10.1 Å². The first-order valence-corrected chi connectivity index (χ1v) is 12.6. The number of allylic oxidation sites excluding steroid dienone is 1. The summed E-state index contributed by atoms with van der Waals surface area (Å²) in [5, 5.41) is 13.3. The summed E-state index contributed by atoms with van der Waals surface area (Å²) in [5.74, 6) is -0.458. The highest BCUT2D eigenvalue weighted by Crippen LogP contribution is 2.34. The van der Waals surface area contributed by atoms with E-state index < -0.39 is 20.6 Å². The standard InChI is InChI=1S/C24H20ClFN2O2S2/c1-2-17-9-6-7-14-22(17)28-24(31-16-19-20(25)12-8-13-21(19)26)23(15-27)32(29,30)18-10-4-3-5-11-18/h3-14,28H,2,16H2,1H3/b24-23+. The van der Waals surface area contributed by atoms with E-state index in [1.165, 1.54) is 24.3 Å². The highest BCUT2D eigenvalue weighted by atomic mass is 35.5. The van der Waals surface area contributed by atoms with Gasteiger partial charge in [0.25, 0.3) is 0 Å². The second-order valence-electron chi connectivity index (χ2n) is 6.71. The SMILES string of the molecule is CCc1ccccc1N/C(SCc1c(F)cccc1Cl)=C(/C#N)S(=O)(=O)c1ccccc1. The molecule has 1 N–H and O–H groups in total. The zero-order valence-corrected chi connectivity index (χ0v) is 19.6. The van der Waals surface area contributed by atoms with E-state index in [2.05, 4.69) is 5.32 Å². The maximum atomic E-state index is 14.3. The average Bonchev–Trinajstić information content (AvgIpc) is 2.79. The van der Waals surface area contributed by atoms with Crippen molar-refractivity contribution >= 4 is 38.9 Å². The Bertz CT molecular complexity index is 1270. The number of sulfone groups is 1. The fourth-order valence-corrected chi connectivity index (χ4v) is 5.92. The number of para-hydroxylation sites is 1. The fraction of sp³-hybridized carbons (Fsp3) is 0.125. The van der Waals surface area contributed by atoms with E-state index in [1.807, 2.05) is 31.2 Å². The van der Waals surface area contributed by atoms with Gasteiger partial charge in [-0.15, -0.1) is 11.8 Å². The van der Waals surface area contributed by atoms with Gasteiger partial charge in [0.2, 0.25) is 9.84 Å². The van der Waals surface area contributed by atoms with Crippen molar-refractivity contribution in [3.05, 3.63) is 105 Å². The van der Waals surface area contributed by atoms with Gasteiger partial charge in [-0.1, -0.05) is 61.0 Å². The predicted molar refractivity (Wildman–Crippen MR) is 128 cm³/mol. The smallest absolute Gasteiger partial charge is 0.219 e. The third-order valence-corrected chi connectivity index (χ3v) is 7.94. The first kappa shape index (κ1) is 23.9. The van der Waals surface area contributed by atoms with Crippen LogP contribution in [-0.4, -0.2) is 8.42 Å². The molecule has 3 aromatic rings. The molecule has 164 valence electrons. The van der Waals surface area contributed by atoms with Crippen molar-refractivity contribution in [1.82, 2.24) is 0 Å².